The van der Waals surface area contributed by atoms with E-state index in [9.17, 15) is 4.79 Å². The molecule has 1 amide bonds. The molecule has 0 N–H and O–H groups in total. The third-order valence-electron chi connectivity index (χ3n) is 4.29. The summed E-state index contributed by atoms with van der Waals surface area (Å²) in [6.45, 7) is 3.28. The summed E-state index contributed by atoms with van der Waals surface area (Å²) in [5, 5.41) is 1.92. The number of rotatable bonds is 6. The van der Waals surface area contributed by atoms with Crippen LogP contribution in [0.4, 0.5) is 5.13 Å². The molecular weight excluding hydrogens is 401 g/mol. The maximum absolute atomic E-state index is 13.1. The molecule has 1 heterocycles. The first-order chi connectivity index (χ1) is 12.9. The van der Waals surface area contributed by atoms with E-state index in [1.807, 2.05) is 56.3 Å². The normalized spacial score (nSPS) is 11.3. The Morgan fingerprint density at radius 1 is 1.07 bits per heavy atom. The van der Waals surface area contributed by atoms with Gasteiger partial charge in [0.1, 0.15) is 0 Å². The van der Waals surface area contributed by atoms with Crippen molar-refractivity contribution < 1.29 is 4.79 Å². The van der Waals surface area contributed by atoms with Gasteiger partial charge in [-0.15, -0.1) is 0 Å². The van der Waals surface area contributed by atoms with Crippen molar-refractivity contribution in [3.05, 3.63) is 57.6 Å². The molecule has 0 radical (unpaired) electrons. The first-order valence-corrected chi connectivity index (χ1v) is 10.2. The molecule has 1 aromatic heterocycles. The summed E-state index contributed by atoms with van der Waals surface area (Å²) in [6.07, 6.45) is 0.232. The number of anilines is 1. The number of carbonyl (C=O) groups excluding carboxylic acids is 1. The fourth-order valence-electron chi connectivity index (χ4n) is 2.73. The number of thiazole rings is 1. The Bertz CT molecular complexity index is 932. The number of likely N-dealkylation sites (N-methyl/N-ethyl adjacent to an activating group) is 1. The Balaban J connectivity index is 1.96. The van der Waals surface area contributed by atoms with Crippen LogP contribution in [0.25, 0.3) is 10.2 Å². The molecule has 0 atom stereocenters. The van der Waals surface area contributed by atoms with Crippen molar-refractivity contribution in [1.29, 1.82) is 0 Å². The van der Waals surface area contributed by atoms with Gasteiger partial charge in [-0.05, 0) is 44.3 Å². The molecule has 3 aromatic rings. The Hall–Kier alpha value is -1.66. The molecule has 27 heavy (non-hydrogen) atoms. The summed E-state index contributed by atoms with van der Waals surface area (Å²) in [7, 11) is 3.96. The molecule has 3 rings (SSSR count). The van der Waals surface area contributed by atoms with Crippen LogP contribution in [0.15, 0.2) is 36.4 Å². The number of benzene rings is 2. The highest BCUT2D eigenvalue weighted by atomic mass is 35.5. The number of carbonyl (C=O) groups is 1. The third kappa shape index (κ3) is 4.61. The molecule has 0 saturated heterocycles. The molecule has 7 heteroatoms. The summed E-state index contributed by atoms with van der Waals surface area (Å²) in [6, 6.07) is 11.2. The number of hydrogen-bond donors (Lipinski definition) is 0. The summed E-state index contributed by atoms with van der Waals surface area (Å²) in [5.74, 6) is -0.0298. The topological polar surface area (TPSA) is 36.4 Å². The molecule has 0 fully saturated rings. The Kier molecular flexibility index (Phi) is 6.37. The minimum Gasteiger partial charge on any atom is -0.308 e. The highest BCUT2D eigenvalue weighted by molar-refractivity contribution is 7.23. The van der Waals surface area contributed by atoms with Gasteiger partial charge in [0.2, 0.25) is 5.91 Å². The SMILES string of the molecule is Cc1ccc(Cl)c2sc(N(CCN(C)C)C(=O)Cc3ccccc3Cl)nc12. The molecule has 0 unspecified atom stereocenters. The summed E-state index contributed by atoms with van der Waals surface area (Å²) in [5.41, 5.74) is 2.71. The van der Waals surface area contributed by atoms with E-state index in [-0.39, 0.29) is 12.3 Å². The van der Waals surface area contributed by atoms with Gasteiger partial charge in [-0.3, -0.25) is 9.69 Å². The van der Waals surface area contributed by atoms with Gasteiger partial charge in [-0.25, -0.2) is 4.98 Å². The number of amides is 1. The van der Waals surface area contributed by atoms with Gasteiger partial charge in [0.15, 0.2) is 5.13 Å². The van der Waals surface area contributed by atoms with E-state index < -0.39 is 0 Å². The molecular formula is C20H21Cl2N3OS. The fraction of sp³-hybridized carbons (Fsp3) is 0.300. The molecule has 0 bridgehead atoms. The number of hydrogen-bond acceptors (Lipinski definition) is 4. The standard InChI is InChI=1S/C20H21Cl2N3OS/c1-13-8-9-16(22)19-18(13)23-20(27-19)25(11-10-24(2)3)17(26)12-14-6-4-5-7-15(14)21/h4-9H,10-12H2,1-3H3. The first kappa shape index (κ1) is 20.1. The number of aryl methyl sites for hydroxylation is 1. The number of halogens is 2. The van der Waals surface area contributed by atoms with Crippen molar-refractivity contribution in [2.75, 3.05) is 32.1 Å². The Morgan fingerprint density at radius 3 is 2.48 bits per heavy atom. The van der Waals surface area contributed by atoms with E-state index >= 15 is 0 Å². The maximum Gasteiger partial charge on any atom is 0.233 e. The van der Waals surface area contributed by atoms with Crippen LogP contribution >= 0.6 is 34.5 Å². The van der Waals surface area contributed by atoms with Crippen LogP contribution < -0.4 is 4.90 Å². The van der Waals surface area contributed by atoms with Crippen LogP contribution in [-0.2, 0) is 11.2 Å². The minimum absolute atomic E-state index is 0.0298. The van der Waals surface area contributed by atoms with Crippen molar-refractivity contribution in [3.8, 4) is 0 Å². The molecule has 0 aliphatic heterocycles. The molecule has 0 saturated carbocycles. The molecule has 0 aliphatic carbocycles. The fourth-order valence-corrected chi connectivity index (χ4v) is 4.30. The Morgan fingerprint density at radius 2 is 1.81 bits per heavy atom. The quantitative estimate of drug-likeness (QED) is 0.558. The summed E-state index contributed by atoms with van der Waals surface area (Å²) >= 11 is 14.0. The lowest BCUT2D eigenvalue weighted by molar-refractivity contribution is -0.118. The second kappa shape index (κ2) is 8.57. The van der Waals surface area contributed by atoms with Gasteiger partial charge >= 0.3 is 0 Å². The molecule has 0 spiro atoms. The van der Waals surface area contributed by atoms with Gasteiger partial charge in [-0.2, -0.15) is 0 Å². The highest BCUT2D eigenvalue weighted by Crippen LogP contribution is 2.35. The minimum atomic E-state index is -0.0298. The molecule has 142 valence electrons. The molecule has 2 aromatic carbocycles. The number of nitrogens with zero attached hydrogens (tertiary/aromatic N) is 3. The maximum atomic E-state index is 13.1. The van der Waals surface area contributed by atoms with E-state index in [2.05, 4.69) is 0 Å². The first-order valence-electron chi connectivity index (χ1n) is 8.61. The zero-order chi connectivity index (χ0) is 19.6. The van der Waals surface area contributed by atoms with Crippen LogP contribution in [0.5, 0.6) is 0 Å². The highest BCUT2D eigenvalue weighted by Gasteiger charge is 2.22. The summed E-state index contributed by atoms with van der Waals surface area (Å²) in [4.78, 5) is 21.6. The van der Waals surface area contributed by atoms with E-state index in [0.717, 1.165) is 27.9 Å². The van der Waals surface area contributed by atoms with Gasteiger partial charge in [-0.1, -0.05) is 58.8 Å². The average molecular weight is 422 g/mol. The molecule has 0 aliphatic rings. The van der Waals surface area contributed by atoms with Gasteiger partial charge in [0.25, 0.3) is 0 Å². The van der Waals surface area contributed by atoms with Crippen molar-refractivity contribution in [1.82, 2.24) is 9.88 Å². The van der Waals surface area contributed by atoms with E-state index in [1.165, 1.54) is 11.3 Å². The predicted octanol–water partition coefficient (Wildman–Crippen LogP) is 5.05. The van der Waals surface area contributed by atoms with E-state index in [4.69, 9.17) is 28.2 Å². The van der Waals surface area contributed by atoms with Crippen molar-refractivity contribution in [3.63, 3.8) is 0 Å². The Labute approximate surface area is 173 Å². The van der Waals surface area contributed by atoms with Crippen LogP contribution in [0.3, 0.4) is 0 Å². The lowest BCUT2D eigenvalue weighted by Gasteiger charge is -2.22. The van der Waals surface area contributed by atoms with Gasteiger partial charge in [0.05, 0.1) is 21.7 Å². The largest absolute Gasteiger partial charge is 0.308 e. The number of aromatic nitrogens is 1. The van der Waals surface area contributed by atoms with Crippen LogP contribution in [-0.4, -0.2) is 43.0 Å². The smallest absolute Gasteiger partial charge is 0.233 e. The van der Waals surface area contributed by atoms with Crippen molar-refractivity contribution in [2.24, 2.45) is 0 Å². The monoisotopic (exact) mass is 421 g/mol. The van der Waals surface area contributed by atoms with Crippen molar-refractivity contribution in [2.45, 2.75) is 13.3 Å². The summed E-state index contributed by atoms with van der Waals surface area (Å²) < 4.78 is 0.909. The second-order valence-corrected chi connectivity index (χ2v) is 8.45. The predicted molar refractivity (Wildman–Crippen MR) is 115 cm³/mol. The third-order valence-corrected chi connectivity index (χ3v) is 6.20. The van der Waals surface area contributed by atoms with Gasteiger partial charge < -0.3 is 4.90 Å². The second-order valence-electron chi connectivity index (χ2n) is 6.66. The number of fused-ring (bicyclic) bond motifs is 1. The van der Waals surface area contributed by atoms with Gasteiger partial charge in [0, 0.05) is 18.1 Å². The van der Waals surface area contributed by atoms with E-state index in [1.54, 1.807) is 11.0 Å². The van der Waals surface area contributed by atoms with Crippen LogP contribution in [0.2, 0.25) is 10.0 Å². The lowest BCUT2D eigenvalue weighted by Crippen LogP contribution is -2.37. The molecule has 4 nitrogen and oxygen atoms in total. The zero-order valence-electron chi connectivity index (χ0n) is 15.5. The zero-order valence-corrected chi connectivity index (χ0v) is 17.8. The van der Waals surface area contributed by atoms with Crippen molar-refractivity contribution >= 4 is 55.8 Å². The van der Waals surface area contributed by atoms with Crippen LogP contribution in [0, 0.1) is 6.92 Å². The average Bonchev–Trinajstić information content (AvgIpc) is 3.06. The van der Waals surface area contributed by atoms with Crippen LogP contribution in [0.1, 0.15) is 11.1 Å². The lowest BCUT2D eigenvalue weighted by atomic mass is 10.1. The van der Waals surface area contributed by atoms with E-state index in [0.29, 0.717) is 21.7 Å².